The lowest BCUT2D eigenvalue weighted by Gasteiger charge is -2.21. The van der Waals surface area contributed by atoms with Crippen LogP contribution in [0.25, 0.3) is 16.9 Å². The van der Waals surface area contributed by atoms with Crippen molar-refractivity contribution in [3.63, 3.8) is 0 Å². The van der Waals surface area contributed by atoms with Crippen LogP contribution in [0, 0.1) is 0 Å². The number of carbonyl (C=O) groups is 1. The topological polar surface area (TPSA) is 117 Å². The van der Waals surface area contributed by atoms with Gasteiger partial charge >= 0.3 is 12.2 Å². The fourth-order valence-electron chi connectivity index (χ4n) is 2.61. The number of ether oxygens (including phenoxy) is 2. The fraction of sp³-hybridized carbons (Fsp3) is 0.250. The minimum atomic E-state index is -4.81. The first-order valence-electron chi connectivity index (χ1n) is 7.79. The smallest absolute Gasteiger partial charge is 0.414 e. The number of carbonyl (C=O) groups excluding carboxylic acids is 1. The molecule has 0 spiro atoms. The van der Waals surface area contributed by atoms with Crippen LogP contribution >= 0.6 is 0 Å². The Bertz CT molecular complexity index is 1020. The molecule has 3 rings (SSSR count). The molecule has 2 amide bonds. The molecule has 12 heteroatoms. The molecule has 1 atom stereocenters. The number of nitrogens with one attached hydrogen (secondary N) is 1. The summed E-state index contributed by atoms with van der Waals surface area (Å²) in [6.07, 6.45) is 1.00. The third-order valence-electron chi connectivity index (χ3n) is 3.83. The van der Waals surface area contributed by atoms with Crippen molar-refractivity contribution in [1.82, 2.24) is 24.7 Å². The lowest BCUT2D eigenvalue weighted by Crippen LogP contribution is -2.41. The number of nitrogens with zero attached hydrogens (tertiary/aromatic N) is 4. The van der Waals surface area contributed by atoms with Gasteiger partial charge in [-0.3, -0.25) is 4.98 Å². The van der Waals surface area contributed by atoms with Gasteiger partial charge in [-0.05, 0) is 6.07 Å². The first-order chi connectivity index (χ1) is 13.2. The highest BCUT2D eigenvalue weighted by Crippen LogP contribution is 2.36. The van der Waals surface area contributed by atoms with Gasteiger partial charge in [0, 0.05) is 24.2 Å². The average Bonchev–Trinajstić information content (AvgIpc) is 3.12. The number of hydrogen-bond donors (Lipinski definition) is 2. The third-order valence-corrected chi connectivity index (χ3v) is 3.83. The molecule has 0 unspecified atom stereocenters. The van der Waals surface area contributed by atoms with Crippen LogP contribution in [-0.4, -0.2) is 45.8 Å². The molecule has 0 radical (unpaired) electrons. The molecule has 9 nitrogen and oxygen atoms in total. The Morgan fingerprint density at radius 2 is 2.04 bits per heavy atom. The summed E-state index contributed by atoms with van der Waals surface area (Å²) >= 11 is 0. The highest BCUT2D eigenvalue weighted by atomic mass is 19.4. The van der Waals surface area contributed by atoms with Gasteiger partial charge < -0.3 is 24.9 Å². The van der Waals surface area contributed by atoms with E-state index < -0.39 is 23.9 Å². The Morgan fingerprint density at radius 1 is 1.29 bits per heavy atom. The Balaban J connectivity index is 2.18. The first-order valence-corrected chi connectivity index (χ1v) is 7.79. The number of imidazole rings is 1. The van der Waals surface area contributed by atoms with Crippen LogP contribution in [0.5, 0.6) is 11.6 Å². The van der Waals surface area contributed by atoms with E-state index in [-0.39, 0.29) is 22.9 Å². The number of urea groups is 1. The zero-order chi connectivity index (χ0) is 20.5. The van der Waals surface area contributed by atoms with E-state index in [1.165, 1.54) is 20.4 Å². The first kappa shape index (κ1) is 19.2. The quantitative estimate of drug-likeness (QED) is 0.682. The van der Waals surface area contributed by atoms with Crippen molar-refractivity contribution in [2.45, 2.75) is 12.2 Å². The van der Waals surface area contributed by atoms with E-state index in [0.717, 1.165) is 12.3 Å². The summed E-state index contributed by atoms with van der Waals surface area (Å²) < 4.78 is 52.1. The molecule has 0 aliphatic carbocycles. The molecule has 3 N–H and O–H groups in total. The van der Waals surface area contributed by atoms with Gasteiger partial charge in [-0.25, -0.2) is 14.8 Å². The maximum absolute atomic E-state index is 13.4. The molecule has 0 saturated carbocycles. The van der Waals surface area contributed by atoms with E-state index in [4.69, 9.17) is 15.2 Å². The second-order valence-corrected chi connectivity index (χ2v) is 5.59. The van der Waals surface area contributed by atoms with Gasteiger partial charge in [0.05, 0.1) is 31.8 Å². The molecular formula is C16H15F3N6O3. The van der Waals surface area contributed by atoms with Crippen molar-refractivity contribution in [2.24, 2.45) is 5.73 Å². The van der Waals surface area contributed by atoms with Gasteiger partial charge in [0.25, 0.3) is 5.88 Å². The molecule has 28 heavy (non-hydrogen) atoms. The monoisotopic (exact) mass is 396 g/mol. The molecule has 0 saturated heterocycles. The molecule has 3 aromatic heterocycles. The lowest BCUT2D eigenvalue weighted by atomic mass is 10.1. The van der Waals surface area contributed by atoms with Crippen molar-refractivity contribution < 1.29 is 27.4 Å². The van der Waals surface area contributed by atoms with Gasteiger partial charge in [0.15, 0.2) is 11.7 Å². The maximum Gasteiger partial charge on any atom is 0.414 e. The second-order valence-electron chi connectivity index (χ2n) is 5.59. The maximum atomic E-state index is 13.4. The predicted octanol–water partition coefficient (Wildman–Crippen LogP) is 2.08. The molecule has 3 aromatic rings. The van der Waals surface area contributed by atoms with Crippen LogP contribution < -0.4 is 20.5 Å². The molecule has 0 aliphatic heterocycles. The van der Waals surface area contributed by atoms with Gasteiger partial charge in [-0.1, -0.05) is 0 Å². The van der Waals surface area contributed by atoms with Crippen LogP contribution in [-0.2, 0) is 0 Å². The van der Waals surface area contributed by atoms with E-state index >= 15 is 0 Å². The largest absolute Gasteiger partial charge is 0.494 e. The van der Waals surface area contributed by atoms with Crippen molar-refractivity contribution in [3.05, 3.63) is 36.5 Å². The lowest BCUT2D eigenvalue weighted by molar-refractivity contribution is -0.155. The van der Waals surface area contributed by atoms with Gasteiger partial charge in [-0.15, -0.1) is 0 Å². The molecule has 3 heterocycles. The Hall–Kier alpha value is -3.57. The average molecular weight is 396 g/mol. The summed E-state index contributed by atoms with van der Waals surface area (Å²) in [7, 11) is 2.74. The minimum Gasteiger partial charge on any atom is -0.494 e. The normalized spacial score (nSPS) is 12.6. The number of amides is 2. The molecule has 148 valence electrons. The van der Waals surface area contributed by atoms with Crippen molar-refractivity contribution in [2.75, 3.05) is 14.2 Å². The van der Waals surface area contributed by atoms with E-state index in [9.17, 15) is 18.0 Å². The van der Waals surface area contributed by atoms with Gasteiger partial charge in [-0.2, -0.15) is 13.2 Å². The zero-order valence-corrected chi connectivity index (χ0v) is 14.7. The number of alkyl halides is 3. The van der Waals surface area contributed by atoms with Gasteiger partial charge in [0.2, 0.25) is 0 Å². The predicted molar refractivity (Wildman–Crippen MR) is 90.8 cm³/mol. The fourth-order valence-corrected chi connectivity index (χ4v) is 2.61. The number of pyridine rings is 1. The number of primary amides is 1. The number of rotatable bonds is 5. The minimum absolute atomic E-state index is 0.172. The molecule has 0 fully saturated rings. The SMILES string of the molecule is COc1cnc([C@H](NC(N)=O)C(F)(F)F)cc1-c1cn2ccnc2c(OC)n1. The number of nitrogens with two attached hydrogens (primary N) is 1. The number of methoxy groups -OCH3 is 2. The molecule has 0 bridgehead atoms. The van der Waals surface area contributed by atoms with Crippen LogP contribution in [0.3, 0.4) is 0 Å². The van der Waals surface area contributed by atoms with Crippen LogP contribution in [0.1, 0.15) is 11.7 Å². The second kappa shape index (κ2) is 7.21. The van der Waals surface area contributed by atoms with Crippen molar-refractivity contribution in [3.8, 4) is 22.9 Å². The number of aromatic nitrogens is 4. The van der Waals surface area contributed by atoms with E-state index in [1.54, 1.807) is 22.1 Å². The van der Waals surface area contributed by atoms with Crippen LogP contribution in [0.15, 0.2) is 30.9 Å². The summed E-state index contributed by atoms with van der Waals surface area (Å²) in [5.74, 6) is 0.350. The van der Waals surface area contributed by atoms with Crippen LogP contribution in [0.2, 0.25) is 0 Å². The van der Waals surface area contributed by atoms with E-state index in [1.807, 2.05) is 0 Å². The summed E-state index contributed by atoms with van der Waals surface area (Å²) in [5.41, 5.74) is 5.30. The number of hydrogen-bond acceptors (Lipinski definition) is 6. The van der Waals surface area contributed by atoms with Crippen LogP contribution in [0.4, 0.5) is 18.0 Å². The highest BCUT2D eigenvalue weighted by Gasteiger charge is 2.43. The standard InChI is InChI=1S/C16H15F3N6O3/c1-27-11-6-22-9(12(16(17,18)19)24-15(20)26)5-8(11)10-7-25-4-3-21-13(25)14(23-10)28-2/h3-7,12H,1-2H3,(H3,20,24,26)/t12-/m0/s1. The van der Waals surface area contributed by atoms with Crippen molar-refractivity contribution in [1.29, 1.82) is 0 Å². The summed E-state index contributed by atoms with van der Waals surface area (Å²) in [5, 5.41) is 1.65. The van der Waals surface area contributed by atoms with E-state index in [2.05, 4.69) is 15.0 Å². The summed E-state index contributed by atoms with van der Waals surface area (Å²) in [6.45, 7) is 0. The molecule has 0 aliphatic rings. The van der Waals surface area contributed by atoms with E-state index in [0.29, 0.717) is 5.65 Å². The zero-order valence-electron chi connectivity index (χ0n) is 14.7. The third kappa shape index (κ3) is 3.61. The van der Waals surface area contributed by atoms with Crippen molar-refractivity contribution >= 4 is 11.7 Å². The van der Waals surface area contributed by atoms with Gasteiger partial charge in [0.1, 0.15) is 5.75 Å². The molecular weight excluding hydrogens is 381 g/mol. The number of fused-ring (bicyclic) bond motifs is 1. The highest BCUT2D eigenvalue weighted by molar-refractivity contribution is 5.73. The molecule has 0 aromatic carbocycles. The Morgan fingerprint density at radius 3 is 2.64 bits per heavy atom. The summed E-state index contributed by atoms with van der Waals surface area (Å²) in [4.78, 5) is 23.2. The number of halogens is 3. The Labute approximate surface area is 156 Å². The summed E-state index contributed by atoms with van der Waals surface area (Å²) in [6, 6.07) is -2.60. The Kier molecular flexibility index (Phi) is 4.94.